The topological polar surface area (TPSA) is 76.4 Å². The molecule has 0 radical (unpaired) electrons. The van der Waals surface area contributed by atoms with Gasteiger partial charge in [0.2, 0.25) is 5.91 Å². The van der Waals surface area contributed by atoms with E-state index in [1.165, 1.54) is 12.8 Å². The molecular weight excluding hydrogens is 344 g/mol. The first-order valence-corrected chi connectivity index (χ1v) is 9.63. The van der Waals surface area contributed by atoms with E-state index in [1.54, 1.807) is 7.11 Å². The summed E-state index contributed by atoms with van der Waals surface area (Å²) in [5.74, 6) is 1.87. The average Bonchev–Trinajstić information content (AvgIpc) is 3.46. The Morgan fingerprint density at radius 2 is 2.04 bits per heavy atom. The number of methoxy groups -OCH3 is 1. The maximum Gasteiger partial charge on any atom is 0.227 e. The Balaban J connectivity index is 1.34. The molecule has 0 N–H and O–H groups in total. The molecule has 1 saturated heterocycles. The van der Waals surface area contributed by atoms with Gasteiger partial charge in [0.15, 0.2) is 5.82 Å². The molecule has 1 aromatic carbocycles. The van der Waals surface area contributed by atoms with E-state index >= 15 is 0 Å². The van der Waals surface area contributed by atoms with E-state index in [2.05, 4.69) is 20.4 Å². The van der Waals surface area contributed by atoms with E-state index in [0.717, 1.165) is 56.3 Å². The van der Waals surface area contributed by atoms with Gasteiger partial charge >= 0.3 is 0 Å². The Bertz CT molecular complexity index is 788. The van der Waals surface area contributed by atoms with Crippen molar-refractivity contribution in [3.8, 4) is 5.75 Å². The zero-order valence-electron chi connectivity index (χ0n) is 15.8. The molecule has 1 saturated carbocycles. The van der Waals surface area contributed by atoms with E-state index < -0.39 is 0 Å². The second-order valence-corrected chi connectivity index (χ2v) is 7.27. The normalized spacial score (nSPS) is 18.3. The second kappa shape index (κ2) is 8.04. The number of benzene rings is 1. The lowest BCUT2D eigenvalue weighted by Crippen LogP contribution is -2.36. The first-order valence-electron chi connectivity index (χ1n) is 9.63. The molecular formula is C19H26N6O2. The number of amides is 1. The molecule has 144 valence electrons. The Labute approximate surface area is 159 Å². The van der Waals surface area contributed by atoms with Gasteiger partial charge in [0, 0.05) is 31.7 Å². The highest BCUT2D eigenvalue weighted by atomic mass is 16.5. The number of hydrogen-bond acceptors (Lipinski definition) is 6. The van der Waals surface area contributed by atoms with Gasteiger partial charge in [0.25, 0.3) is 0 Å². The summed E-state index contributed by atoms with van der Waals surface area (Å²) in [5.41, 5.74) is 0.940. The molecule has 1 aliphatic carbocycles. The molecule has 1 amide bonds. The zero-order valence-corrected chi connectivity index (χ0v) is 15.8. The molecule has 4 rings (SSSR count). The van der Waals surface area contributed by atoms with Crippen LogP contribution in [0.1, 0.15) is 36.7 Å². The van der Waals surface area contributed by atoms with Crippen molar-refractivity contribution in [1.29, 1.82) is 0 Å². The average molecular weight is 370 g/mol. The summed E-state index contributed by atoms with van der Waals surface area (Å²) >= 11 is 0. The third-order valence-electron chi connectivity index (χ3n) is 5.29. The van der Waals surface area contributed by atoms with Crippen LogP contribution >= 0.6 is 0 Å². The molecule has 8 heteroatoms. The van der Waals surface area contributed by atoms with Crippen LogP contribution in [0.25, 0.3) is 0 Å². The summed E-state index contributed by atoms with van der Waals surface area (Å²) in [6.45, 7) is 4.07. The van der Waals surface area contributed by atoms with E-state index in [-0.39, 0.29) is 5.91 Å². The van der Waals surface area contributed by atoms with Crippen LogP contribution in [-0.4, -0.2) is 69.2 Å². The zero-order chi connectivity index (χ0) is 18.6. The number of carbonyl (C=O) groups is 1. The third-order valence-corrected chi connectivity index (χ3v) is 5.29. The van der Waals surface area contributed by atoms with Crippen LogP contribution in [0, 0.1) is 0 Å². The van der Waals surface area contributed by atoms with Crippen LogP contribution in [0.15, 0.2) is 24.3 Å². The molecule has 2 fully saturated rings. The maximum absolute atomic E-state index is 12.8. The summed E-state index contributed by atoms with van der Waals surface area (Å²) in [4.78, 5) is 17.1. The Kier molecular flexibility index (Phi) is 5.33. The van der Waals surface area contributed by atoms with Crippen molar-refractivity contribution in [2.75, 3.05) is 33.3 Å². The monoisotopic (exact) mass is 370 g/mol. The third kappa shape index (κ3) is 4.27. The maximum atomic E-state index is 12.8. The summed E-state index contributed by atoms with van der Waals surface area (Å²) in [7, 11) is 1.64. The number of rotatable bonds is 6. The number of hydrogen-bond donors (Lipinski definition) is 0. The lowest BCUT2D eigenvalue weighted by Gasteiger charge is -2.22. The van der Waals surface area contributed by atoms with Crippen LogP contribution in [-0.2, 0) is 17.8 Å². The highest BCUT2D eigenvalue weighted by Crippen LogP contribution is 2.34. The fraction of sp³-hybridized carbons (Fsp3) is 0.579. The van der Waals surface area contributed by atoms with E-state index in [9.17, 15) is 4.79 Å². The minimum Gasteiger partial charge on any atom is -0.496 e. The van der Waals surface area contributed by atoms with Crippen molar-refractivity contribution in [3.05, 3.63) is 35.7 Å². The minimum atomic E-state index is 0.157. The van der Waals surface area contributed by atoms with Gasteiger partial charge in [-0.3, -0.25) is 9.69 Å². The molecule has 0 bridgehead atoms. The molecule has 1 aliphatic heterocycles. The lowest BCUT2D eigenvalue weighted by atomic mass is 10.1. The molecule has 27 heavy (non-hydrogen) atoms. The van der Waals surface area contributed by atoms with Crippen molar-refractivity contribution in [2.24, 2.45) is 0 Å². The van der Waals surface area contributed by atoms with E-state index in [1.807, 2.05) is 33.8 Å². The second-order valence-electron chi connectivity index (χ2n) is 7.27. The Hall–Kier alpha value is -2.48. The van der Waals surface area contributed by atoms with Crippen molar-refractivity contribution in [2.45, 2.75) is 38.3 Å². The van der Waals surface area contributed by atoms with Gasteiger partial charge in [0.05, 0.1) is 26.1 Å². The molecule has 2 heterocycles. The van der Waals surface area contributed by atoms with Gasteiger partial charge in [0.1, 0.15) is 5.75 Å². The van der Waals surface area contributed by atoms with E-state index in [4.69, 9.17) is 4.74 Å². The van der Waals surface area contributed by atoms with Crippen molar-refractivity contribution in [1.82, 2.24) is 30.0 Å². The Morgan fingerprint density at radius 1 is 1.19 bits per heavy atom. The fourth-order valence-corrected chi connectivity index (χ4v) is 3.62. The largest absolute Gasteiger partial charge is 0.496 e. The SMILES string of the molecule is COc1ccccc1CC(=O)N1CCCN(Cc2nnnn2C2CC2)CC1. The predicted octanol–water partition coefficient (Wildman–Crippen LogP) is 1.29. The number of nitrogens with zero attached hydrogens (tertiary/aromatic N) is 6. The quantitative estimate of drug-likeness (QED) is 0.763. The van der Waals surface area contributed by atoms with Gasteiger partial charge in [-0.15, -0.1) is 5.10 Å². The number of tetrazole rings is 1. The smallest absolute Gasteiger partial charge is 0.227 e. The number of carbonyl (C=O) groups excluding carboxylic acids is 1. The molecule has 0 unspecified atom stereocenters. The van der Waals surface area contributed by atoms with Gasteiger partial charge in [-0.2, -0.15) is 0 Å². The summed E-state index contributed by atoms with van der Waals surface area (Å²) < 4.78 is 7.34. The summed E-state index contributed by atoms with van der Waals surface area (Å²) in [5, 5.41) is 12.2. The number of aromatic nitrogens is 4. The van der Waals surface area contributed by atoms with Crippen LogP contribution < -0.4 is 4.74 Å². The molecule has 0 atom stereocenters. The molecule has 1 aromatic heterocycles. The highest BCUT2D eigenvalue weighted by Gasteiger charge is 2.29. The first-order chi connectivity index (χ1) is 13.2. The molecule has 2 aliphatic rings. The van der Waals surface area contributed by atoms with Crippen LogP contribution in [0.2, 0.25) is 0 Å². The van der Waals surface area contributed by atoms with Crippen molar-refractivity contribution in [3.63, 3.8) is 0 Å². The molecule has 2 aromatic rings. The number of ether oxygens (including phenoxy) is 1. The van der Waals surface area contributed by atoms with E-state index in [0.29, 0.717) is 12.5 Å². The summed E-state index contributed by atoms with van der Waals surface area (Å²) in [6, 6.07) is 8.21. The van der Waals surface area contributed by atoms with Crippen molar-refractivity contribution < 1.29 is 9.53 Å². The van der Waals surface area contributed by atoms with Gasteiger partial charge < -0.3 is 9.64 Å². The minimum absolute atomic E-state index is 0.157. The fourth-order valence-electron chi connectivity index (χ4n) is 3.62. The summed E-state index contributed by atoms with van der Waals surface area (Å²) in [6.07, 6.45) is 3.68. The predicted molar refractivity (Wildman–Crippen MR) is 99.3 cm³/mol. The van der Waals surface area contributed by atoms with Crippen LogP contribution in [0.5, 0.6) is 5.75 Å². The van der Waals surface area contributed by atoms with Crippen LogP contribution in [0.4, 0.5) is 0 Å². The van der Waals surface area contributed by atoms with Gasteiger partial charge in [-0.1, -0.05) is 18.2 Å². The van der Waals surface area contributed by atoms with Crippen molar-refractivity contribution >= 4 is 5.91 Å². The molecule has 0 spiro atoms. The first kappa shape index (κ1) is 17.9. The Morgan fingerprint density at radius 3 is 2.85 bits per heavy atom. The number of para-hydroxylation sites is 1. The van der Waals surface area contributed by atoms with Gasteiger partial charge in [-0.05, 0) is 35.8 Å². The highest BCUT2D eigenvalue weighted by molar-refractivity contribution is 5.79. The van der Waals surface area contributed by atoms with Gasteiger partial charge in [-0.25, -0.2) is 4.68 Å². The standard InChI is InChI=1S/C19H26N6O2/c1-27-17-6-3-2-5-15(17)13-19(26)24-10-4-9-23(11-12-24)14-18-20-21-22-25(18)16-7-8-16/h2-3,5-6,16H,4,7-14H2,1H3. The molecule has 8 nitrogen and oxygen atoms in total. The van der Waals surface area contributed by atoms with Crippen LogP contribution in [0.3, 0.4) is 0 Å². The lowest BCUT2D eigenvalue weighted by molar-refractivity contribution is -0.130.